The number of likely N-dealkylation sites (tertiary alicyclic amines) is 1. The Balaban J connectivity index is 0.734. The summed E-state index contributed by atoms with van der Waals surface area (Å²) in [4.78, 5) is 46.6. The second kappa shape index (κ2) is 27.6. The van der Waals surface area contributed by atoms with Gasteiger partial charge in [-0.15, -0.1) is 11.3 Å². The third-order valence-corrected chi connectivity index (χ3v) is 15.4. The Morgan fingerprint density at radius 3 is 2.17 bits per heavy atom. The van der Waals surface area contributed by atoms with Gasteiger partial charge in [0.2, 0.25) is 17.7 Å². The van der Waals surface area contributed by atoms with Crippen molar-refractivity contribution in [3.63, 3.8) is 0 Å². The molecule has 15 nitrogen and oxygen atoms in total. The fourth-order valence-corrected chi connectivity index (χ4v) is 11.1. The van der Waals surface area contributed by atoms with Crippen LogP contribution in [0.2, 0.25) is 0 Å². The van der Waals surface area contributed by atoms with Gasteiger partial charge >= 0.3 is 0 Å². The van der Waals surface area contributed by atoms with E-state index < -0.39 is 30.0 Å². The number of rotatable bonds is 29. The Labute approximate surface area is 413 Å². The molecule has 1 aliphatic heterocycles. The molecule has 0 bridgehead atoms. The predicted octanol–water partition coefficient (Wildman–Crippen LogP) is 6.47. The number of aromatic nitrogens is 1. The number of carbonyl (C=O) groups is 3. The molecule has 7 atom stereocenters. The highest BCUT2D eigenvalue weighted by molar-refractivity contribution is 7.13. The number of phenolic OH excluding ortho intramolecular Hbond substituents is 1. The van der Waals surface area contributed by atoms with E-state index in [0.717, 1.165) is 85.9 Å². The largest absolute Gasteiger partial charge is 0.508 e. The molecule has 0 radical (unpaired) electrons. The van der Waals surface area contributed by atoms with Crippen molar-refractivity contribution < 1.29 is 53.4 Å². The Morgan fingerprint density at radius 2 is 1.51 bits per heavy atom. The average molecular weight is 979 g/mol. The second-order valence-corrected chi connectivity index (χ2v) is 20.5. The van der Waals surface area contributed by atoms with Gasteiger partial charge in [0.25, 0.3) is 0 Å². The molecule has 2 aliphatic carbocycles. The van der Waals surface area contributed by atoms with Crippen LogP contribution in [-0.4, -0.2) is 140 Å². The summed E-state index contributed by atoms with van der Waals surface area (Å²) in [5, 5.41) is 37.0. The first-order valence-electron chi connectivity index (χ1n) is 25.3. The highest BCUT2D eigenvalue weighted by atomic mass is 32.1. The summed E-state index contributed by atoms with van der Waals surface area (Å²) in [7, 11) is 0. The number of hydrogen-bond acceptors (Lipinski definition) is 13. The Kier molecular flexibility index (Phi) is 21.7. The number of aromatic hydroxyl groups is 1. The third kappa shape index (κ3) is 16.0. The smallest absolute Gasteiger partial charge is 0.246 e. The summed E-state index contributed by atoms with van der Waals surface area (Å²) in [6.07, 6.45) is 9.73. The average Bonchev–Trinajstić information content (AvgIpc) is 4.04. The molecule has 2 heterocycles. The van der Waals surface area contributed by atoms with E-state index in [9.17, 15) is 29.7 Å². The van der Waals surface area contributed by atoms with E-state index in [1.807, 2.05) is 62.7 Å². The lowest BCUT2D eigenvalue weighted by atomic mass is 9.63. The molecule has 3 aliphatic rings. The normalized spacial score (nSPS) is 22.8. The molecule has 0 spiro atoms. The fraction of sp³-hybridized carbons (Fsp3) is 0.660. The number of nitrogens with zero attached hydrogens (tertiary/aromatic N) is 2. The number of benzene rings is 2. The fourth-order valence-electron chi connectivity index (χ4n) is 10.3. The van der Waals surface area contributed by atoms with Crippen molar-refractivity contribution in [1.82, 2.24) is 20.5 Å². The molecular weight excluding hydrogens is 901 g/mol. The van der Waals surface area contributed by atoms with E-state index >= 15 is 0 Å². The van der Waals surface area contributed by atoms with Gasteiger partial charge in [-0.1, -0.05) is 63.9 Å². The molecule has 7 unspecified atom stereocenters. The lowest BCUT2D eigenvalue weighted by molar-refractivity contribution is -0.143. The standard InChI is InChI=1S/C53H78N4O11S/c1-36(2)49(52(63)57-33-44(59)31-46(57)51(62)54-32-38-10-12-39(13-11-38)50-37(3)55-35-69-50)56-48(61)34-68-28-27-67-26-25-66-24-23-65-22-21-64-20-8-6-5-7-9-40-30-43(58)15-16-45(40)41-18-19-53(4)42(29-41)14-17-47(53)60/h10-13,15-16,30,35-36,41-42,44,46-47,49,58-60H,5-9,14,17-29,31-34H2,1-4H3,(H,54,62)(H,56,61). The Morgan fingerprint density at radius 1 is 0.841 bits per heavy atom. The number of β-amino-alcohol motifs (C(OH)–C–C–N with tert-alkyl or cyclic N) is 1. The van der Waals surface area contributed by atoms with Crippen LogP contribution >= 0.6 is 11.3 Å². The second-order valence-electron chi connectivity index (χ2n) is 19.7. The van der Waals surface area contributed by atoms with Crippen molar-refractivity contribution in [2.75, 3.05) is 72.6 Å². The molecule has 6 rings (SSSR count). The van der Waals surface area contributed by atoms with E-state index in [4.69, 9.17) is 23.7 Å². The molecule has 3 amide bonds. The summed E-state index contributed by atoms with van der Waals surface area (Å²) in [6.45, 7) is 11.7. The molecule has 1 saturated heterocycles. The molecule has 3 aromatic rings. The molecule has 1 aromatic heterocycles. The first-order valence-corrected chi connectivity index (χ1v) is 26.2. The molecule has 5 N–H and O–H groups in total. The monoisotopic (exact) mass is 979 g/mol. The van der Waals surface area contributed by atoms with E-state index in [1.165, 1.54) is 16.0 Å². The number of aliphatic hydroxyl groups excluding tert-OH is 2. The molecule has 2 saturated carbocycles. The molecule has 69 heavy (non-hydrogen) atoms. The van der Waals surface area contributed by atoms with Crippen molar-refractivity contribution in [2.45, 2.75) is 135 Å². The van der Waals surface area contributed by atoms with Crippen LogP contribution in [0.5, 0.6) is 5.75 Å². The minimum atomic E-state index is -0.901. The molecule has 382 valence electrons. The number of aryl methyl sites for hydroxylation is 2. The van der Waals surface area contributed by atoms with Gasteiger partial charge in [-0.2, -0.15) is 0 Å². The molecule has 3 fully saturated rings. The maximum Gasteiger partial charge on any atom is 0.246 e. The summed E-state index contributed by atoms with van der Waals surface area (Å²) in [5.41, 5.74) is 7.49. The van der Waals surface area contributed by atoms with E-state index in [-0.39, 0.29) is 62.7 Å². The van der Waals surface area contributed by atoms with E-state index in [0.29, 0.717) is 63.8 Å². The number of fused-ring (bicyclic) bond motifs is 1. The van der Waals surface area contributed by atoms with Crippen LogP contribution < -0.4 is 10.6 Å². The minimum Gasteiger partial charge on any atom is -0.508 e. The van der Waals surface area contributed by atoms with Crippen molar-refractivity contribution in [3.8, 4) is 16.2 Å². The highest BCUT2D eigenvalue weighted by Gasteiger charge is 2.49. The van der Waals surface area contributed by atoms with Gasteiger partial charge in [0, 0.05) is 26.1 Å². The maximum atomic E-state index is 13.7. The van der Waals surface area contributed by atoms with Crippen LogP contribution in [0.15, 0.2) is 48.0 Å². The summed E-state index contributed by atoms with van der Waals surface area (Å²) in [5.74, 6) is -0.0848. The number of thiazole rings is 1. The summed E-state index contributed by atoms with van der Waals surface area (Å²) >= 11 is 1.58. The number of amides is 3. The quantitative estimate of drug-likeness (QED) is 0.0476. The van der Waals surface area contributed by atoms with Crippen molar-refractivity contribution in [2.24, 2.45) is 17.3 Å². The van der Waals surface area contributed by atoms with Crippen LogP contribution in [0, 0.1) is 24.2 Å². The lowest BCUT2D eigenvalue weighted by Crippen LogP contribution is -2.55. The molecule has 2 aromatic carbocycles. The van der Waals surface area contributed by atoms with E-state index in [1.54, 1.807) is 11.3 Å². The van der Waals surface area contributed by atoms with Crippen LogP contribution in [0.25, 0.3) is 10.4 Å². The van der Waals surface area contributed by atoms with Crippen LogP contribution in [0.3, 0.4) is 0 Å². The highest BCUT2D eigenvalue weighted by Crippen LogP contribution is 2.56. The number of nitrogens with one attached hydrogen (secondary N) is 2. The zero-order valence-electron chi connectivity index (χ0n) is 41.3. The third-order valence-electron chi connectivity index (χ3n) is 14.4. The van der Waals surface area contributed by atoms with Gasteiger partial charge in [0.1, 0.15) is 24.4 Å². The number of hydrogen-bond donors (Lipinski definition) is 5. The first-order chi connectivity index (χ1) is 33.3. The number of aliphatic hydroxyl groups is 2. The van der Waals surface area contributed by atoms with Gasteiger partial charge in [-0.25, -0.2) is 4.98 Å². The number of unbranched alkanes of at least 4 members (excludes halogenated alkanes) is 3. The van der Waals surface area contributed by atoms with Crippen LogP contribution in [-0.2, 0) is 51.0 Å². The number of phenols is 1. The molecule has 16 heteroatoms. The van der Waals surface area contributed by atoms with Crippen LogP contribution in [0.1, 0.15) is 113 Å². The van der Waals surface area contributed by atoms with Gasteiger partial charge in [-0.05, 0) is 116 Å². The minimum absolute atomic E-state index is 0.00134. The van der Waals surface area contributed by atoms with Crippen molar-refractivity contribution >= 4 is 29.1 Å². The SMILES string of the molecule is Cc1ncsc1-c1ccc(CNC(=O)C2CC(O)CN2C(=O)C(NC(=O)COCCOCCOCCOCCOCCCCCCc2cc(O)ccc2C2CCC3(C)C(O)CCC3C2)C(C)C)cc1. The van der Waals surface area contributed by atoms with Crippen LogP contribution in [0.4, 0.5) is 0 Å². The van der Waals surface area contributed by atoms with Crippen molar-refractivity contribution in [3.05, 3.63) is 70.4 Å². The summed E-state index contributed by atoms with van der Waals surface area (Å²) < 4.78 is 28.0. The van der Waals surface area contributed by atoms with Gasteiger partial charge < -0.3 is 54.5 Å². The molecular formula is C53H78N4O11S. The Hall–Kier alpha value is -4.00. The van der Waals surface area contributed by atoms with E-state index in [2.05, 4.69) is 28.6 Å². The van der Waals surface area contributed by atoms with Gasteiger partial charge in [0.15, 0.2) is 0 Å². The summed E-state index contributed by atoms with van der Waals surface area (Å²) in [6, 6.07) is 12.1. The number of carbonyl (C=O) groups excluding carboxylic acids is 3. The zero-order chi connectivity index (χ0) is 49.2. The lowest BCUT2D eigenvalue weighted by Gasteiger charge is -2.42. The van der Waals surface area contributed by atoms with Gasteiger partial charge in [-0.3, -0.25) is 14.4 Å². The van der Waals surface area contributed by atoms with Crippen molar-refractivity contribution in [1.29, 1.82) is 0 Å². The Bertz CT molecular complexity index is 2050. The number of ether oxygens (including phenoxy) is 5. The maximum absolute atomic E-state index is 13.7. The zero-order valence-corrected chi connectivity index (χ0v) is 42.2. The predicted molar refractivity (Wildman–Crippen MR) is 265 cm³/mol. The van der Waals surface area contributed by atoms with Gasteiger partial charge in [0.05, 0.1) is 81.1 Å². The first kappa shape index (κ1) is 54.3. The topological polar surface area (TPSA) is 198 Å².